The van der Waals surface area contributed by atoms with Crippen LogP contribution in [0.3, 0.4) is 0 Å². The summed E-state index contributed by atoms with van der Waals surface area (Å²) >= 11 is 0. The summed E-state index contributed by atoms with van der Waals surface area (Å²) in [6.07, 6.45) is 72.1. The first-order valence-electron chi connectivity index (χ1n) is 29.7. The Bertz CT molecular complexity index is 1640. The van der Waals surface area contributed by atoms with E-state index in [9.17, 15) is 19.0 Å². The quantitative estimate of drug-likeness (QED) is 0.0161. The molecule has 0 aromatic carbocycles. The Labute approximate surface area is 455 Å². The number of quaternary nitrogens is 1. The van der Waals surface area contributed by atoms with Crippen LogP contribution < -0.4 is 10.2 Å². The number of esters is 1. The molecule has 0 saturated heterocycles. The van der Waals surface area contributed by atoms with Crippen LogP contribution in [-0.2, 0) is 27.9 Å². The number of amides is 1. The molecule has 0 aliphatic carbocycles. The maximum absolute atomic E-state index is 13.5. The third-order valence-corrected chi connectivity index (χ3v) is 13.4. The summed E-state index contributed by atoms with van der Waals surface area (Å²) in [7, 11) is 1.12. The highest BCUT2D eigenvalue weighted by atomic mass is 31.2. The van der Waals surface area contributed by atoms with Crippen molar-refractivity contribution in [1.29, 1.82) is 0 Å². The van der Waals surface area contributed by atoms with Gasteiger partial charge in [-0.25, -0.2) is 0 Å². The van der Waals surface area contributed by atoms with Gasteiger partial charge in [0.05, 0.1) is 33.8 Å². The van der Waals surface area contributed by atoms with E-state index >= 15 is 0 Å². The van der Waals surface area contributed by atoms with Gasteiger partial charge in [0.25, 0.3) is 7.82 Å². The van der Waals surface area contributed by atoms with Gasteiger partial charge in [-0.2, -0.15) is 0 Å². The monoisotopic (exact) mass is 1050 g/mol. The number of allylic oxidation sites excluding steroid dienone is 17. The highest BCUT2D eigenvalue weighted by molar-refractivity contribution is 7.45. The van der Waals surface area contributed by atoms with E-state index in [1.54, 1.807) is 6.08 Å². The Kier molecular flexibility index (Phi) is 50.7. The van der Waals surface area contributed by atoms with Crippen LogP contribution in [0.15, 0.2) is 109 Å². The molecule has 1 N–H and O–H groups in total. The molecule has 1 amide bonds. The fourth-order valence-corrected chi connectivity index (χ4v) is 8.61. The van der Waals surface area contributed by atoms with E-state index in [0.717, 1.165) is 83.5 Å². The van der Waals surface area contributed by atoms with Gasteiger partial charge in [0.15, 0.2) is 0 Å². The number of hydrogen-bond donors (Lipinski definition) is 1. The number of phosphoric acid groups is 1. The van der Waals surface area contributed by atoms with Crippen molar-refractivity contribution in [2.75, 3.05) is 40.9 Å². The largest absolute Gasteiger partial charge is 0.756 e. The van der Waals surface area contributed by atoms with Crippen LogP contribution in [0.2, 0.25) is 0 Å². The van der Waals surface area contributed by atoms with Crippen molar-refractivity contribution in [3.05, 3.63) is 109 Å². The van der Waals surface area contributed by atoms with Gasteiger partial charge in [-0.3, -0.25) is 14.2 Å². The zero-order chi connectivity index (χ0) is 54.3. The van der Waals surface area contributed by atoms with Crippen LogP contribution in [0.1, 0.15) is 233 Å². The van der Waals surface area contributed by atoms with E-state index in [1.807, 2.05) is 39.4 Å². The Hall–Kier alpha value is -3.33. The van der Waals surface area contributed by atoms with E-state index in [1.165, 1.54) is 103 Å². The summed E-state index contributed by atoms with van der Waals surface area (Å²) in [4.78, 5) is 39.9. The minimum atomic E-state index is -4.73. The van der Waals surface area contributed by atoms with E-state index in [-0.39, 0.29) is 25.4 Å². The minimum Gasteiger partial charge on any atom is -0.756 e. The maximum atomic E-state index is 13.5. The van der Waals surface area contributed by atoms with Gasteiger partial charge in [-0.05, 0) is 96.0 Å². The van der Waals surface area contributed by atoms with Gasteiger partial charge < -0.3 is 28.5 Å². The molecule has 0 heterocycles. The first-order chi connectivity index (χ1) is 35.9. The fourth-order valence-electron chi connectivity index (χ4n) is 7.89. The van der Waals surface area contributed by atoms with Crippen molar-refractivity contribution in [3.63, 3.8) is 0 Å². The molecule has 3 atom stereocenters. The first-order valence-corrected chi connectivity index (χ1v) is 31.2. The number of nitrogens with zero attached hydrogens (tertiary/aromatic N) is 1. The van der Waals surface area contributed by atoms with Crippen LogP contribution in [0.4, 0.5) is 0 Å². The average molecular weight is 1050 g/mol. The Morgan fingerprint density at radius 1 is 0.500 bits per heavy atom. The second-order valence-corrected chi connectivity index (χ2v) is 22.2. The van der Waals surface area contributed by atoms with Crippen molar-refractivity contribution >= 4 is 19.7 Å². The zero-order valence-electron chi connectivity index (χ0n) is 48.3. The lowest BCUT2D eigenvalue weighted by atomic mass is 10.0. The number of ether oxygens (including phenoxy) is 1. The van der Waals surface area contributed by atoms with Crippen molar-refractivity contribution in [1.82, 2.24) is 5.32 Å². The van der Waals surface area contributed by atoms with Crippen molar-refractivity contribution in [3.8, 4) is 0 Å². The minimum absolute atomic E-state index is 0.0437. The van der Waals surface area contributed by atoms with Crippen molar-refractivity contribution in [2.45, 2.75) is 245 Å². The molecule has 424 valence electrons. The molecule has 0 spiro atoms. The highest BCUT2D eigenvalue weighted by Crippen LogP contribution is 2.38. The number of carbonyl (C=O) groups excluding carboxylic acids is 2. The molecule has 0 bridgehead atoms. The lowest BCUT2D eigenvalue weighted by Gasteiger charge is -2.30. The zero-order valence-corrected chi connectivity index (χ0v) is 49.1. The van der Waals surface area contributed by atoms with Crippen LogP contribution in [0.5, 0.6) is 0 Å². The highest BCUT2D eigenvalue weighted by Gasteiger charge is 2.27. The summed E-state index contributed by atoms with van der Waals surface area (Å²) in [6.45, 7) is 6.64. The second kappa shape index (κ2) is 53.1. The van der Waals surface area contributed by atoms with Crippen LogP contribution >= 0.6 is 7.82 Å². The molecule has 9 nitrogen and oxygen atoms in total. The lowest BCUT2D eigenvalue weighted by molar-refractivity contribution is -0.870. The number of rotatable bonds is 52. The molecule has 0 radical (unpaired) electrons. The van der Waals surface area contributed by atoms with Gasteiger partial charge in [0, 0.05) is 12.8 Å². The number of likely N-dealkylation sites (N-methyl/N-ethyl adjacent to an activating group) is 1. The number of carbonyl (C=O) groups is 2. The smallest absolute Gasteiger partial charge is 0.306 e. The average Bonchev–Trinajstić information content (AvgIpc) is 3.36. The summed E-state index contributed by atoms with van der Waals surface area (Å²) in [6, 6.07) is -0.939. The standard InChI is InChI=1S/C64H111N2O7P/c1-7-10-13-16-19-22-25-28-30-32-33-34-36-39-42-45-48-51-54-57-64(68)73-62(55-52-49-46-43-40-37-27-24-21-18-15-12-9-3)61(60-72-74(69,70)71-59-58-66(4,5)6)65-63(67)56-53-50-47-44-41-38-35-31-29-26-23-20-17-14-11-8-2/h10,13,19,22,28,30-31,33-35,38-39,41-42,48,51-52,55,61-62H,7-9,11-12,14-18,20-21,23-27,29,32,36-37,40,43-47,49-50,53-54,56-60H2,1-6H3,(H-,65,67,69,70)/b13-10-,22-19-,30-28-,34-33-,35-31+,41-38+,42-39-,51-48-,55-52+. The molecule has 3 unspecified atom stereocenters. The third-order valence-electron chi connectivity index (χ3n) is 12.5. The number of nitrogens with one attached hydrogen (secondary N) is 1. The molecule has 0 saturated carbocycles. The molecule has 0 aromatic heterocycles. The summed E-state index contributed by atoms with van der Waals surface area (Å²) in [5.74, 6) is -0.676. The SMILES string of the molecule is CC/C=C\C/C=C\C/C=C\C/C=C\C/C=C\C/C=C\CCC(=O)OC(/C=C/CCCCCCCCCCCCC)C(COP(=O)([O-])OCC[N+](C)(C)C)NC(=O)CCCCC/C=C/C=C/CCCCCCCCC. The molecule has 0 aliphatic rings. The number of unbranched alkanes of at least 4 members (excludes halogenated alkanes) is 21. The molecular formula is C64H111N2O7P. The van der Waals surface area contributed by atoms with Gasteiger partial charge in [-0.1, -0.05) is 233 Å². The predicted molar refractivity (Wildman–Crippen MR) is 316 cm³/mol. The van der Waals surface area contributed by atoms with Gasteiger partial charge >= 0.3 is 5.97 Å². The van der Waals surface area contributed by atoms with Gasteiger partial charge in [-0.15, -0.1) is 0 Å². The number of hydrogen-bond acceptors (Lipinski definition) is 7. The molecule has 74 heavy (non-hydrogen) atoms. The lowest BCUT2D eigenvalue weighted by Crippen LogP contribution is -2.47. The topological polar surface area (TPSA) is 114 Å². The molecule has 0 fully saturated rings. The van der Waals surface area contributed by atoms with Gasteiger partial charge in [0.1, 0.15) is 19.3 Å². The summed E-state index contributed by atoms with van der Waals surface area (Å²) in [5.41, 5.74) is 0. The molecule has 0 rings (SSSR count). The van der Waals surface area contributed by atoms with Crippen molar-refractivity contribution in [2.24, 2.45) is 0 Å². The van der Waals surface area contributed by atoms with E-state index in [2.05, 4.69) is 111 Å². The maximum Gasteiger partial charge on any atom is 0.306 e. The molecule has 10 heteroatoms. The second-order valence-electron chi connectivity index (χ2n) is 20.8. The van der Waals surface area contributed by atoms with Crippen LogP contribution in [-0.4, -0.2) is 69.4 Å². The predicted octanol–water partition coefficient (Wildman–Crippen LogP) is 17.5. The molecule has 0 aliphatic heterocycles. The Balaban J connectivity index is 5.52. The fraction of sp³-hybridized carbons (Fsp3) is 0.688. The Morgan fingerprint density at radius 2 is 0.919 bits per heavy atom. The third kappa shape index (κ3) is 53.5. The van der Waals surface area contributed by atoms with Gasteiger partial charge in [0.2, 0.25) is 5.91 Å². The van der Waals surface area contributed by atoms with E-state index in [4.69, 9.17) is 13.8 Å². The first kappa shape index (κ1) is 70.7. The van der Waals surface area contributed by atoms with Crippen LogP contribution in [0.25, 0.3) is 0 Å². The molecule has 0 aromatic rings. The number of phosphoric ester groups is 1. The molecular weight excluding hydrogens is 940 g/mol. The van der Waals surface area contributed by atoms with E-state index in [0.29, 0.717) is 23.9 Å². The Morgan fingerprint density at radius 3 is 1.38 bits per heavy atom. The normalized spacial score (nSPS) is 14.5. The summed E-state index contributed by atoms with van der Waals surface area (Å²) in [5, 5.41) is 2.99. The van der Waals surface area contributed by atoms with Crippen LogP contribution in [0, 0.1) is 0 Å². The van der Waals surface area contributed by atoms with E-state index < -0.39 is 32.5 Å². The van der Waals surface area contributed by atoms with Crippen molar-refractivity contribution < 1.29 is 37.3 Å². The summed E-state index contributed by atoms with van der Waals surface area (Å²) < 4.78 is 30.2.